The zero-order chi connectivity index (χ0) is 22.3. The lowest BCUT2D eigenvalue weighted by Gasteiger charge is -2.28. The van der Waals surface area contributed by atoms with Gasteiger partial charge in [-0.05, 0) is 54.5 Å². The zero-order valence-electron chi connectivity index (χ0n) is 15.6. The second kappa shape index (κ2) is 7.94. The highest BCUT2D eigenvalue weighted by atomic mass is 35.5. The van der Waals surface area contributed by atoms with Crippen molar-refractivity contribution in [3.63, 3.8) is 0 Å². The molecule has 0 amide bonds. The van der Waals surface area contributed by atoms with E-state index in [0.717, 1.165) is 25.3 Å². The van der Waals surface area contributed by atoms with Crippen LogP contribution >= 0.6 is 23.2 Å². The molecule has 2 aromatic carbocycles. The van der Waals surface area contributed by atoms with E-state index in [0.29, 0.717) is 11.1 Å². The van der Waals surface area contributed by atoms with Crippen LogP contribution in [0.15, 0.2) is 42.5 Å². The number of nitrogens with one attached hydrogen (secondary N) is 1. The van der Waals surface area contributed by atoms with Gasteiger partial charge in [0, 0.05) is 21.2 Å². The van der Waals surface area contributed by atoms with Gasteiger partial charge in [0.2, 0.25) is 5.60 Å². The van der Waals surface area contributed by atoms with Crippen LogP contribution < -0.4 is 5.48 Å². The lowest BCUT2D eigenvalue weighted by Crippen LogP contribution is -2.42. The molecule has 1 aliphatic heterocycles. The highest BCUT2D eigenvalue weighted by Gasteiger charge is 2.59. The standard InChI is InChI=1S/C20H14Cl2F3NO4/c1-10-5-11(3-4-15(10)17(27)18(28)29-2)16-9-19(30-26-16,20(23,24)25)12-6-13(21)8-14(22)7-12/h3-9,26H,1-2H3. The summed E-state index contributed by atoms with van der Waals surface area (Å²) < 4.78 is 46.5. The second-order valence-corrected chi connectivity index (χ2v) is 7.38. The van der Waals surface area contributed by atoms with Crippen molar-refractivity contribution in [2.75, 3.05) is 7.11 Å². The minimum atomic E-state index is -4.84. The van der Waals surface area contributed by atoms with E-state index < -0.39 is 23.5 Å². The van der Waals surface area contributed by atoms with Crippen molar-refractivity contribution in [3.8, 4) is 0 Å². The summed E-state index contributed by atoms with van der Waals surface area (Å²) in [5.74, 6) is -1.90. The van der Waals surface area contributed by atoms with Gasteiger partial charge in [-0.2, -0.15) is 13.2 Å². The molecule has 0 radical (unpaired) electrons. The Morgan fingerprint density at radius 1 is 1.10 bits per heavy atom. The highest BCUT2D eigenvalue weighted by molar-refractivity contribution is 6.41. The van der Waals surface area contributed by atoms with Crippen molar-refractivity contribution in [3.05, 3.63) is 74.8 Å². The first-order valence-corrected chi connectivity index (χ1v) is 9.18. The molecular formula is C20H14Cl2F3NO4. The van der Waals surface area contributed by atoms with Crippen LogP contribution in [0.1, 0.15) is 27.0 Å². The van der Waals surface area contributed by atoms with Crippen LogP contribution in [0.5, 0.6) is 0 Å². The Labute approximate surface area is 179 Å². The number of aryl methyl sites for hydroxylation is 1. The zero-order valence-corrected chi connectivity index (χ0v) is 17.1. The predicted molar refractivity (Wildman–Crippen MR) is 104 cm³/mol. The van der Waals surface area contributed by atoms with Gasteiger partial charge in [0.25, 0.3) is 5.78 Å². The molecule has 0 aliphatic carbocycles. The lowest BCUT2D eigenvalue weighted by atomic mass is 9.91. The third-order valence-electron chi connectivity index (χ3n) is 4.53. The molecule has 0 aromatic heterocycles. The van der Waals surface area contributed by atoms with Crippen molar-refractivity contribution in [1.82, 2.24) is 5.48 Å². The predicted octanol–water partition coefficient (Wildman–Crippen LogP) is 4.99. The van der Waals surface area contributed by atoms with Gasteiger partial charge < -0.3 is 4.74 Å². The van der Waals surface area contributed by atoms with E-state index >= 15 is 0 Å². The molecule has 1 N–H and O–H groups in total. The summed E-state index contributed by atoms with van der Waals surface area (Å²) >= 11 is 11.8. The van der Waals surface area contributed by atoms with Crippen molar-refractivity contribution >= 4 is 40.7 Å². The number of halogens is 5. The van der Waals surface area contributed by atoms with Crippen LogP contribution in [0.25, 0.3) is 5.70 Å². The summed E-state index contributed by atoms with van der Waals surface area (Å²) in [5.41, 5.74) is -0.0500. The molecule has 2 aromatic rings. The first-order valence-electron chi connectivity index (χ1n) is 8.42. The maximum absolute atomic E-state index is 14.0. The molecule has 3 rings (SSSR count). The van der Waals surface area contributed by atoms with E-state index in [1.807, 2.05) is 0 Å². The van der Waals surface area contributed by atoms with E-state index in [1.165, 1.54) is 24.3 Å². The molecule has 0 bridgehead atoms. The van der Waals surface area contributed by atoms with E-state index in [9.17, 15) is 22.8 Å². The van der Waals surface area contributed by atoms with Crippen LogP contribution in [-0.2, 0) is 20.0 Å². The molecule has 1 atom stereocenters. The number of esters is 1. The number of rotatable bonds is 4. The third kappa shape index (κ3) is 3.90. The monoisotopic (exact) mass is 459 g/mol. The number of hydrogen-bond acceptors (Lipinski definition) is 5. The number of carbonyl (C=O) groups is 2. The average Bonchev–Trinajstić information content (AvgIpc) is 3.13. The quantitative estimate of drug-likeness (QED) is 0.396. The van der Waals surface area contributed by atoms with Crippen molar-refractivity contribution < 1.29 is 32.3 Å². The summed E-state index contributed by atoms with van der Waals surface area (Å²) in [7, 11) is 1.08. The molecule has 0 fully saturated rings. The van der Waals surface area contributed by atoms with Gasteiger partial charge >= 0.3 is 12.1 Å². The summed E-state index contributed by atoms with van der Waals surface area (Å²) in [6, 6.07) is 7.72. The Hall–Kier alpha value is -2.55. The van der Waals surface area contributed by atoms with E-state index in [1.54, 1.807) is 6.92 Å². The molecule has 0 saturated carbocycles. The van der Waals surface area contributed by atoms with Gasteiger partial charge in [0.05, 0.1) is 12.8 Å². The van der Waals surface area contributed by atoms with Crippen LogP contribution in [-0.4, -0.2) is 25.0 Å². The van der Waals surface area contributed by atoms with Gasteiger partial charge in [0.15, 0.2) is 0 Å². The fraction of sp³-hybridized carbons (Fsp3) is 0.200. The number of ether oxygens (including phenoxy) is 1. The van der Waals surface area contributed by atoms with Gasteiger partial charge in [-0.15, -0.1) is 0 Å². The number of carbonyl (C=O) groups excluding carboxylic acids is 2. The number of ketones is 1. The Balaban J connectivity index is 2.07. The van der Waals surface area contributed by atoms with Gasteiger partial charge in [-0.25, -0.2) is 4.79 Å². The van der Waals surface area contributed by atoms with Crippen LogP contribution in [0.4, 0.5) is 13.2 Å². The first-order chi connectivity index (χ1) is 14.0. The lowest BCUT2D eigenvalue weighted by molar-refractivity contribution is -0.269. The maximum atomic E-state index is 14.0. The Morgan fingerprint density at radius 3 is 2.27 bits per heavy atom. The SMILES string of the molecule is COC(=O)C(=O)c1ccc(C2=CC(c3cc(Cl)cc(Cl)c3)(C(F)(F)F)ON2)cc1C. The Kier molecular flexibility index (Phi) is 5.86. The summed E-state index contributed by atoms with van der Waals surface area (Å²) in [5, 5.41) is 0.0428. The molecule has 10 heteroatoms. The molecular weight excluding hydrogens is 446 g/mol. The maximum Gasteiger partial charge on any atom is 0.428 e. The molecule has 1 unspecified atom stereocenters. The minimum absolute atomic E-state index is 0.0172. The fourth-order valence-corrected chi connectivity index (χ4v) is 3.57. The molecule has 0 spiro atoms. The van der Waals surface area contributed by atoms with Crippen molar-refractivity contribution in [2.45, 2.75) is 18.7 Å². The van der Waals surface area contributed by atoms with Crippen molar-refractivity contribution in [2.24, 2.45) is 0 Å². The fourth-order valence-electron chi connectivity index (χ4n) is 3.04. The first kappa shape index (κ1) is 22.1. The molecule has 5 nitrogen and oxygen atoms in total. The largest absolute Gasteiger partial charge is 0.463 e. The van der Waals surface area contributed by atoms with Gasteiger partial charge in [0.1, 0.15) is 0 Å². The van der Waals surface area contributed by atoms with Gasteiger partial charge in [-0.1, -0.05) is 29.3 Å². The molecule has 0 saturated heterocycles. The van der Waals surface area contributed by atoms with E-state index in [4.69, 9.17) is 28.0 Å². The normalized spacial score (nSPS) is 18.6. The van der Waals surface area contributed by atoms with Crippen LogP contribution in [0, 0.1) is 6.92 Å². The summed E-state index contributed by atoms with van der Waals surface area (Å²) in [6.07, 6.45) is -3.98. The van der Waals surface area contributed by atoms with Crippen LogP contribution in [0.2, 0.25) is 10.0 Å². The molecule has 158 valence electrons. The smallest absolute Gasteiger partial charge is 0.428 e. The molecule has 1 aliphatic rings. The summed E-state index contributed by atoms with van der Waals surface area (Å²) in [6.45, 7) is 1.55. The van der Waals surface area contributed by atoms with Crippen LogP contribution in [0.3, 0.4) is 0 Å². The number of alkyl halides is 3. The van der Waals surface area contributed by atoms with Crippen molar-refractivity contribution in [1.29, 1.82) is 0 Å². The Morgan fingerprint density at radius 2 is 1.73 bits per heavy atom. The molecule has 1 heterocycles. The number of methoxy groups -OCH3 is 1. The van der Waals surface area contributed by atoms with E-state index in [2.05, 4.69) is 10.2 Å². The average molecular weight is 460 g/mol. The highest BCUT2D eigenvalue weighted by Crippen LogP contribution is 2.48. The number of Topliss-reactive ketones (excluding diaryl/α,β-unsaturated/α-hetero) is 1. The number of benzene rings is 2. The second-order valence-electron chi connectivity index (χ2n) is 6.50. The minimum Gasteiger partial charge on any atom is -0.463 e. The third-order valence-corrected chi connectivity index (χ3v) is 4.97. The van der Waals surface area contributed by atoms with E-state index in [-0.39, 0.29) is 26.9 Å². The topological polar surface area (TPSA) is 64.6 Å². The van der Waals surface area contributed by atoms with Gasteiger partial charge in [-0.3, -0.25) is 15.1 Å². The Bertz CT molecular complexity index is 1050. The number of hydroxylamine groups is 1. The molecule has 30 heavy (non-hydrogen) atoms. The summed E-state index contributed by atoms with van der Waals surface area (Å²) in [4.78, 5) is 28.5. The number of hydrogen-bond donors (Lipinski definition) is 1.